The molecule has 0 spiro atoms. The molecule has 1 fully saturated rings. The van der Waals surface area contributed by atoms with Gasteiger partial charge in [0.05, 0.1) is 19.8 Å². The monoisotopic (exact) mass is 237 g/mol. The van der Waals surface area contributed by atoms with Crippen LogP contribution in [-0.2, 0) is 17.9 Å². The zero-order valence-electron chi connectivity index (χ0n) is 10.9. The Balaban J connectivity index is 0.000000686. The standard InChI is InChI=1S/C12H17NO2.C2H6/c14-10-12-3-1-2-11(8-12)9-13-4-6-15-7-5-13;1-2/h1-3,8,14H,4-7,9-10H2;1-2H3. The zero-order chi connectivity index (χ0) is 12.5. The van der Waals surface area contributed by atoms with Gasteiger partial charge in [0.1, 0.15) is 0 Å². The second-order valence-electron chi connectivity index (χ2n) is 3.87. The number of aliphatic hydroxyl groups excluding tert-OH is 1. The second kappa shape index (κ2) is 8.23. The quantitative estimate of drug-likeness (QED) is 0.873. The van der Waals surface area contributed by atoms with Crippen molar-refractivity contribution >= 4 is 0 Å². The third-order valence-electron chi connectivity index (χ3n) is 2.68. The van der Waals surface area contributed by atoms with Gasteiger partial charge in [0.2, 0.25) is 0 Å². The molecule has 0 atom stereocenters. The van der Waals surface area contributed by atoms with Gasteiger partial charge in [-0.3, -0.25) is 4.90 Å². The fourth-order valence-corrected chi connectivity index (χ4v) is 1.84. The third-order valence-corrected chi connectivity index (χ3v) is 2.68. The van der Waals surface area contributed by atoms with Gasteiger partial charge in [-0.2, -0.15) is 0 Å². The van der Waals surface area contributed by atoms with Crippen molar-refractivity contribution in [2.45, 2.75) is 27.0 Å². The van der Waals surface area contributed by atoms with Crippen LogP contribution in [0.2, 0.25) is 0 Å². The van der Waals surface area contributed by atoms with Crippen molar-refractivity contribution in [2.24, 2.45) is 0 Å². The lowest BCUT2D eigenvalue weighted by molar-refractivity contribution is 0.0342. The average molecular weight is 237 g/mol. The molecule has 1 aromatic rings. The maximum atomic E-state index is 9.03. The van der Waals surface area contributed by atoms with Crippen LogP contribution in [0.4, 0.5) is 0 Å². The van der Waals surface area contributed by atoms with Crippen molar-refractivity contribution in [1.82, 2.24) is 4.90 Å². The molecule has 0 saturated carbocycles. The van der Waals surface area contributed by atoms with Gasteiger partial charge in [0.15, 0.2) is 0 Å². The van der Waals surface area contributed by atoms with Crippen molar-refractivity contribution in [1.29, 1.82) is 0 Å². The fraction of sp³-hybridized carbons (Fsp3) is 0.571. The van der Waals surface area contributed by atoms with E-state index in [0.29, 0.717) is 0 Å². The first-order valence-electron chi connectivity index (χ1n) is 6.37. The minimum absolute atomic E-state index is 0.122. The highest BCUT2D eigenvalue weighted by molar-refractivity contribution is 5.22. The number of ether oxygens (including phenoxy) is 1. The Morgan fingerprint density at radius 1 is 1.18 bits per heavy atom. The van der Waals surface area contributed by atoms with Crippen LogP contribution in [0, 0.1) is 0 Å². The predicted octanol–water partition coefficient (Wildman–Crippen LogP) is 2.04. The molecule has 0 radical (unpaired) electrons. The van der Waals surface area contributed by atoms with Gasteiger partial charge in [0, 0.05) is 19.6 Å². The van der Waals surface area contributed by atoms with E-state index in [4.69, 9.17) is 9.84 Å². The van der Waals surface area contributed by atoms with Gasteiger partial charge < -0.3 is 9.84 Å². The molecular formula is C14H23NO2. The summed E-state index contributed by atoms with van der Waals surface area (Å²) >= 11 is 0. The van der Waals surface area contributed by atoms with Gasteiger partial charge in [-0.15, -0.1) is 0 Å². The van der Waals surface area contributed by atoms with Crippen molar-refractivity contribution in [3.8, 4) is 0 Å². The zero-order valence-corrected chi connectivity index (χ0v) is 10.9. The van der Waals surface area contributed by atoms with E-state index in [2.05, 4.69) is 17.0 Å². The van der Waals surface area contributed by atoms with E-state index < -0.39 is 0 Å². The third kappa shape index (κ3) is 4.86. The van der Waals surface area contributed by atoms with E-state index in [9.17, 15) is 0 Å². The van der Waals surface area contributed by atoms with Gasteiger partial charge in [0.25, 0.3) is 0 Å². The van der Waals surface area contributed by atoms with E-state index in [-0.39, 0.29) is 6.61 Å². The summed E-state index contributed by atoms with van der Waals surface area (Å²) in [5.41, 5.74) is 2.25. The number of hydrogen-bond donors (Lipinski definition) is 1. The molecule has 1 N–H and O–H groups in total. The summed E-state index contributed by atoms with van der Waals surface area (Å²) in [6.07, 6.45) is 0. The van der Waals surface area contributed by atoms with Crippen LogP contribution in [0.25, 0.3) is 0 Å². The molecule has 96 valence electrons. The molecule has 1 aromatic carbocycles. The molecule has 0 bridgehead atoms. The number of nitrogens with zero attached hydrogens (tertiary/aromatic N) is 1. The highest BCUT2D eigenvalue weighted by Gasteiger charge is 2.10. The van der Waals surface area contributed by atoms with Crippen molar-refractivity contribution in [3.63, 3.8) is 0 Å². The molecule has 3 nitrogen and oxygen atoms in total. The van der Waals surface area contributed by atoms with E-state index in [1.807, 2.05) is 26.0 Å². The summed E-state index contributed by atoms with van der Waals surface area (Å²) < 4.78 is 5.30. The number of hydrogen-bond acceptors (Lipinski definition) is 3. The van der Waals surface area contributed by atoms with Crippen LogP contribution in [0.1, 0.15) is 25.0 Å². The highest BCUT2D eigenvalue weighted by atomic mass is 16.5. The molecule has 1 aliphatic heterocycles. The highest BCUT2D eigenvalue weighted by Crippen LogP contribution is 2.09. The predicted molar refractivity (Wildman–Crippen MR) is 69.8 cm³/mol. The molecule has 0 aliphatic carbocycles. The van der Waals surface area contributed by atoms with E-state index >= 15 is 0 Å². The van der Waals surface area contributed by atoms with Crippen LogP contribution >= 0.6 is 0 Å². The summed E-state index contributed by atoms with van der Waals surface area (Å²) in [6, 6.07) is 8.12. The van der Waals surface area contributed by atoms with Gasteiger partial charge >= 0.3 is 0 Å². The fourth-order valence-electron chi connectivity index (χ4n) is 1.84. The van der Waals surface area contributed by atoms with Crippen LogP contribution in [0.3, 0.4) is 0 Å². The minimum Gasteiger partial charge on any atom is -0.392 e. The average Bonchev–Trinajstić information content (AvgIpc) is 2.42. The lowest BCUT2D eigenvalue weighted by Crippen LogP contribution is -2.35. The summed E-state index contributed by atoms with van der Waals surface area (Å²) in [7, 11) is 0. The molecular weight excluding hydrogens is 214 g/mol. The second-order valence-corrected chi connectivity index (χ2v) is 3.87. The van der Waals surface area contributed by atoms with Gasteiger partial charge in [-0.05, 0) is 11.1 Å². The lowest BCUT2D eigenvalue weighted by atomic mass is 10.1. The Bertz CT molecular complexity index is 309. The minimum atomic E-state index is 0.122. The Hall–Kier alpha value is -0.900. The Labute approximate surface area is 104 Å². The molecule has 17 heavy (non-hydrogen) atoms. The molecule has 1 saturated heterocycles. The summed E-state index contributed by atoms with van der Waals surface area (Å²) in [5, 5.41) is 9.03. The first-order valence-corrected chi connectivity index (χ1v) is 6.37. The largest absolute Gasteiger partial charge is 0.392 e. The van der Waals surface area contributed by atoms with Crippen LogP contribution in [-0.4, -0.2) is 36.3 Å². The van der Waals surface area contributed by atoms with E-state index in [0.717, 1.165) is 38.4 Å². The van der Waals surface area contributed by atoms with Crippen LogP contribution in [0.15, 0.2) is 24.3 Å². The maximum Gasteiger partial charge on any atom is 0.0681 e. The van der Waals surface area contributed by atoms with Crippen LogP contribution in [0.5, 0.6) is 0 Å². The normalized spacial score (nSPS) is 16.2. The topological polar surface area (TPSA) is 32.7 Å². The smallest absolute Gasteiger partial charge is 0.0681 e. The molecule has 1 heterocycles. The summed E-state index contributed by atoms with van der Waals surface area (Å²) in [5.74, 6) is 0. The molecule has 3 heteroatoms. The van der Waals surface area contributed by atoms with E-state index in [1.165, 1.54) is 5.56 Å². The number of morpholine rings is 1. The molecule has 1 aliphatic rings. The van der Waals surface area contributed by atoms with Crippen LogP contribution < -0.4 is 0 Å². The summed E-state index contributed by atoms with van der Waals surface area (Å²) in [6.45, 7) is 8.75. The Kier molecular flexibility index (Phi) is 6.86. The van der Waals surface area contributed by atoms with Crippen molar-refractivity contribution in [2.75, 3.05) is 26.3 Å². The number of aliphatic hydroxyl groups is 1. The van der Waals surface area contributed by atoms with Crippen molar-refractivity contribution < 1.29 is 9.84 Å². The molecule has 2 rings (SSSR count). The molecule has 0 unspecified atom stereocenters. The lowest BCUT2D eigenvalue weighted by Gasteiger charge is -2.26. The molecule has 0 aromatic heterocycles. The maximum absolute atomic E-state index is 9.03. The Morgan fingerprint density at radius 3 is 2.47 bits per heavy atom. The van der Waals surface area contributed by atoms with E-state index in [1.54, 1.807) is 0 Å². The molecule has 0 amide bonds. The Morgan fingerprint density at radius 2 is 1.82 bits per heavy atom. The van der Waals surface area contributed by atoms with Gasteiger partial charge in [-0.1, -0.05) is 38.1 Å². The first kappa shape index (κ1) is 14.2. The van der Waals surface area contributed by atoms with Gasteiger partial charge in [-0.25, -0.2) is 0 Å². The SMILES string of the molecule is CC.OCc1cccc(CN2CCOCC2)c1. The first-order chi connectivity index (χ1) is 8.38. The number of rotatable bonds is 3. The van der Waals surface area contributed by atoms with Crippen molar-refractivity contribution in [3.05, 3.63) is 35.4 Å². The number of benzene rings is 1. The summed E-state index contributed by atoms with van der Waals surface area (Å²) in [4.78, 5) is 2.37.